The Kier molecular flexibility index (Phi) is 8.46. The van der Waals surface area contributed by atoms with Gasteiger partial charge in [-0.1, -0.05) is 32.9 Å². The van der Waals surface area contributed by atoms with Crippen molar-refractivity contribution in [3.8, 4) is 0 Å². The summed E-state index contributed by atoms with van der Waals surface area (Å²) in [5.74, 6) is -1.24. The van der Waals surface area contributed by atoms with Crippen molar-refractivity contribution in [3.63, 3.8) is 0 Å². The zero-order chi connectivity index (χ0) is 18.6. The molecular weight excluding hydrogens is 381 g/mol. The van der Waals surface area contributed by atoms with Gasteiger partial charge in [0.2, 0.25) is 15.9 Å². The van der Waals surface area contributed by atoms with Crippen LogP contribution in [0.2, 0.25) is 0 Å². The fraction of sp³-hybridized carbons (Fsp3) is 0.588. The molecule has 0 aliphatic carbocycles. The molecule has 3 unspecified atom stereocenters. The Bertz CT molecular complexity index is 715. The van der Waals surface area contributed by atoms with E-state index in [1.54, 1.807) is 13.8 Å². The fourth-order valence-corrected chi connectivity index (χ4v) is 4.31. The molecule has 148 valence electrons. The van der Waals surface area contributed by atoms with E-state index in [1.807, 2.05) is 6.92 Å². The number of amides is 1. The van der Waals surface area contributed by atoms with Gasteiger partial charge in [-0.25, -0.2) is 12.8 Å². The zero-order valence-electron chi connectivity index (χ0n) is 15.2. The SMILES string of the molecule is CC(C)C(NS(=O)(=O)c1ccccc1F)C(=O)NC1CCNCC1C.Cl. The van der Waals surface area contributed by atoms with E-state index in [0.29, 0.717) is 0 Å². The van der Waals surface area contributed by atoms with Crippen LogP contribution in [0.3, 0.4) is 0 Å². The molecule has 1 saturated heterocycles. The van der Waals surface area contributed by atoms with Crippen molar-refractivity contribution in [2.75, 3.05) is 13.1 Å². The van der Waals surface area contributed by atoms with Gasteiger partial charge < -0.3 is 10.6 Å². The summed E-state index contributed by atoms with van der Waals surface area (Å²) in [6.45, 7) is 7.14. The van der Waals surface area contributed by atoms with Crippen molar-refractivity contribution >= 4 is 28.3 Å². The van der Waals surface area contributed by atoms with Gasteiger partial charge in [0.1, 0.15) is 16.8 Å². The molecule has 1 aromatic rings. The molecule has 6 nitrogen and oxygen atoms in total. The average Bonchev–Trinajstić information content (AvgIpc) is 2.54. The first-order chi connectivity index (χ1) is 11.7. The second-order valence-electron chi connectivity index (χ2n) is 6.86. The van der Waals surface area contributed by atoms with Crippen LogP contribution in [0.25, 0.3) is 0 Å². The Morgan fingerprint density at radius 2 is 1.96 bits per heavy atom. The highest BCUT2D eigenvalue weighted by Gasteiger charge is 2.32. The van der Waals surface area contributed by atoms with Crippen LogP contribution < -0.4 is 15.4 Å². The minimum atomic E-state index is -4.13. The summed E-state index contributed by atoms with van der Waals surface area (Å²) in [7, 11) is -4.13. The summed E-state index contributed by atoms with van der Waals surface area (Å²) in [6.07, 6.45) is 0.789. The molecule has 1 aliphatic heterocycles. The van der Waals surface area contributed by atoms with Gasteiger partial charge in [-0.3, -0.25) is 4.79 Å². The van der Waals surface area contributed by atoms with Crippen LogP contribution in [-0.2, 0) is 14.8 Å². The summed E-state index contributed by atoms with van der Waals surface area (Å²) >= 11 is 0. The molecule has 0 spiro atoms. The molecule has 3 atom stereocenters. The topological polar surface area (TPSA) is 87.3 Å². The zero-order valence-corrected chi connectivity index (χ0v) is 16.8. The number of piperidine rings is 1. The summed E-state index contributed by atoms with van der Waals surface area (Å²) in [5.41, 5.74) is 0. The quantitative estimate of drug-likeness (QED) is 0.669. The largest absolute Gasteiger partial charge is 0.352 e. The Balaban J connectivity index is 0.00000338. The van der Waals surface area contributed by atoms with Crippen LogP contribution in [0.15, 0.2) is 29.2 Å². The Morgan fingerprint density at radius 3 is 2.54 bits per heavy atom. The lowest BCUT2D eigenvalue weighted by atomic mass is 9.94. The van der Waals surface area contributed by atoms with Gasteiger partial charge in [0.05, 0.1) is 0 Å². The number of hydrogen-bond acceptors (Lipinski definition) is 4. The molecule has 1 amide bonds. The van der Waals surface area contributed by atoms with Crippen LogP contribution >= 0.6 is 12.4 Å². The number of nitrogens with one attached hydrogen (secondary N) is 3. The number of carbonyl (C=O) groups excluding carboxylic acids is 1. The lowest BCUT2D eigenvalue weighted by molar-refractivity contribution is -0.124. The highest BCUT2D eigenvalue weighted by molar-refractivity contribution is 7.89. The summed E-state index contributed by atoms with van der Waals surface area (Å²) in [6, 6.07) is 4.15. The molecule has 1 fully saturated rings. The monoisotopic (exact) mass is 407 g/mol. The van der Waals surface area contributed by atoms with Crippen LogP contribution in [0, 0.1) is 17.7 Å². The normalized spacial score (nSPS) is 21.7. The predicted molar refractivity (Wildman–Crippen MR) is 101 cm³/mol. The van der Waals surface area contributed by atoms with Gasteiger partial charge in [-0.05, 0) is 43.5 Å². The van der Waals surface area contributed by atoms with Gasteiger partial charge in [0.25, 0.3) is 0 Å². The Labute approximate surface area is 160 Å². The maximum Gasteiger partial charge on any atom is 0.244 e. The Morgan fingerprint density at radius 1 is 1.31 bits per heavy atom. The summed E-state index contributed by atoms with van der Waals surface area (Å²) < 4.78 is 41.2. The molecule has 3 N–H and O–H groups in total. The molecule has 0 saturated carbocycles. The van der Waals surface area contributed by atoms with Crippen molar-refractivity contribution in [1.82, 2.24) is 15.4 Å². The highest BCUT2D eigenvalue weighted by atomic mass is 35.5. The third-order valence-corrected chi connectivity index (χ3v) is 5.94. The molecule has 26 heavy (non-hydrogen) atoms. The van der Waals surface area contributed by atoms with Crippen molar-refractivity contribution in [3.05, 3.63) is 30.1 Å². The first kappa shape index (κ1) is 22.8. The van der Waals surface area contributed by atoms with Crippen molar-refractivity contribution in [2.45, 2.75) is 44.2 Å². The summed E-state index contributed by atoms with van der Waals surface area (Å²) in [5, 5.41) is 6.19. The van der Waals surface area contributed by atoms with Crippen LogP contribution in [0.4, 0.5) is 4.39 Å². The number of halogens is 2. The van der Waals surface area contributed by atoms with Gasteiger partial charge in [0.15, 0.2) is 0 Å². The van der Waals surface area contributed by atoms with E-state index in [2.05, 4.69) is 15.4 Å². The van der Waals surface area contributed by atoms with E-state index in [-0.39, 0.29) is 36.2 Å². The maximum absolute atomic E-state index is 13.8. The third-order valence-electron chi connectivity index (χ3n) is 4.47. The standard InChI is InChI=1S/C17H26FN3O3S.ClH/c1-11(2)16(17(22)20-14-8-9-19-10-12(14)3)21-25(23,24)15-7-5-4-6-13(15)18;/h4-7,11-12,14,16,19,21H,8-10H2,1-3H3,(H,20,22);1H. The van der Waals surface area contributed by atoms with Crippen LogP contribution in [-0.4, -0.2) is 39.5 Å². The second kappa shape index (κ2) is 9.64. The smallest absolute Gasteiger partial charge is 0.244 e. The van der Waals surface area contributed by atoms with E-state index < -0.39 is 26.8 Å². The van der Waals surface area contributed by atoms with Crippen molar-refractivity contribution in [2.24, 2.45) is 11.8 Å². The van der Waals surface area contributed by atoms with Crippen molar-refractivity contribution in [1.29, 1.82) is 0 Å². The first-order valence-electron chi connectivity index (χ1n) is 8.50. The highest BCUT2D eigenvalue weighted by Crippen LogP contribution is 2.16. The molecule has 1 aliphatic rings. The van der Waals surface area contributed by atoms with E-state index in [1.165, 1.54) is 18.2 Å². The summed E-state index contributed by atoms with van der Waals surface area (Å²) in [4.78, 5) is 12.2. The number of benzene rings is 1. The molecular formula is C17H27ClFN3O3S. The fourth-order valence-electron chi connectivity index (χ4n) is 2.89. The van der Waals surface area contributed by atoms with Crippen LogP contribution in [0.1, 0.15) is 27.2 Å². The average molecular weight is 408 g/mol. The van der Waals surface area contributed by atoms with Gasteiger partial charge in [-0.2, -0.15) is 4.72 Å². The molecule has 1 aromatic carbocycles. The van der Waals surface area contributed by atoms with E-state index in [4.69, 9.17) is 0 Å². The predicted octanol–water partition coefficient (Wildman–Crippen LogP) is 1.66. The van der Waals surface area contributed by atoms with E-state index >= 15 is 0 Å². The number of hydrogen-bond donors (Lipinski definition) is 3. The maximum atomic E-state index is 13.8. The first-order valence-corrected chi connectivity index (χ1v) is 9.98. The van der Waals surface area contributed by atoms with E-state index in [0.717, 1.165) is 25.6 Å². The molecule has 0 radical (unpaired) electrons. The lowest BCUT2D eigenvalue weighted by Gasteiger charge is -2.32. The lowest BCUT2D eigenvalue weighted by Crippen LogP contribution is -2.55. The number of carbonyl (C=O) groups is 1. The molecule has 0 aromatic heterocycles. The molecule has 9 heteroatoms. The Hall–Kier alpha value is -1.22. The van der Waals surface area contributed by atoms with Gasteiger partial charge in [0, 0.05) is 6.04 Å². The number of rotatable bonds is 6. The second-order valence-corrected chi connectivity index (χ2v) is 8.54. The minimum Gasteiger partial charge on any atom is -0.352 e. The number of sulfonamides is 1. The molecule has 2 rings (SSSR count). The minimum absolute atomic E-state index is 0. The third kappa shape index (κ3) is 5.64. The van der Waals surface area contributed by atoms with Gasteiger partial charge in [-0.15, -0.1) is 12.4 Å². The van der Waals surface area contributed by atoms with Gasteiger partial charge >= 0.3 is 0 Å². The van der Waals surface area contributed by atoms with Crippen LogP contribution in [0.5, 0.6) is 0 Å². The molecule has 0 bridgehead atoms. The molecule has 1 heterocycles. The van der Waals surface area contributed by atoms with E-state index in [9.17, 15) is 17.6 Å². The van der Waals surface area contributed by atoms with Crippen molar-refractivity contribution < 1.29 is 17.6 Å².